The van der Waals surface area contributed by atoms with E-state index in [1.807, 2.05) is 84.9 Å². The average molecular weight is 1850 g/mol. The van der Waals surface area contributed by atoms with E-state index in [1.54, 1.807) is 11.3 Å². The van der Waals surface area contributed by atoms with Crippen LogP contribution in [-0.2, 0) is 5.41 Å². The lowest BCUT2D eigenvalue weighted by molar-refractivity contribution is 0.660. The minimum absolute atomic E-state index is 0.108. The van der Waals surface area contributed by atoms with Gasteiger partial charge in [-0.05, 0) is 183 Å². The van der Waals surface area contributed by atoms with E-state index >= 15 is 0 Å². The van der Waals surface area contributed by atoms with Gasteiger partial charge in [-0.1, -0.05) is 372 Å². The molecule has 0 radical (unpaired) electrons. The number of aromatic nitrogens is 12. The second-order valence-electron chi connectivity index (χ2n) is 36.7. The second kappa shape index (κ2) is 35.7. The zero-order valence-electron chi connectivity index (χ0n) is 78.0. The Labute approximate surface area is 829 Å². The first-order chi connectivity index (χ1) is 70.6. The second-order valence-corrected chi connectivity index (χ2v) is 37.8. The van der Waals surface area contributed by atoms with Crippen molar-refractivity contribution in [3.8, 4) is 153 Å². The van der Waals surface area contributed by atoms with Gasteiger partial charge in [0.15, 0.2) is 52.4 Å². The Kier molecular flexibility index (Phi) is 21.2. The molecule has 143 heavy (non-hydrogen) atoms. The Hall–Kier alpha value is -18.7. The molecule has 0 spiro atoms. The Morgan fingerprint density at radius 1 is 0.175 bits per heavy atom. The van der Waals surface area contributed by atoms with Crippen LogP contribution in [0.15, 0.2) is 485 Å². The molecule has 672 valence electrons. The molecule has 7 heterocycles. The van der Waals surface area contributed by atoms with Crippen LogP contribution in [0.3, 0.4) is 0 Å². The molecule has 0 aliphatic heterocycles. The lowest BCUT2D eigenvalue weighted by Crippen LogP contribution is -2.15. The molecule has 20 aromatic carbocycles. The number of thiophene rings is 1. The van der Waals surface area contributed by atoms with Crippen molar-refractivity contribution in [1.82, 2.24) is 58.6 Å². The topological polar surface area (TPSA) is 131 Å². The van der Waals surface area contributed by atoms with Gasteiger partial charge in [0.1, 0.15) is 0 Å². The molecule has 27 aromatic rings. The highest BCUT2D eigenvalue weighted by Gasteiger charge is 2.36. The fourth-order valence-electron chi connectivity index (χ4n) is 20.8. The van der Waals surface area contributed by atoms with Crippen molar-refractivity contribution in [3.05, 3.63) is 496 Å². The molecule has 0 atom stereocenters. The Balaban J connectivity index is 0.000000110. The predicted octanol–water partition coefficient (Wildman–Crippen LogP) is 33.1. The number of fused-ring (bicyclic) bond motifs is 17. The van der Waals surface area contributed by atoms with Crippen LogP contribution in [0.4, 0.5) is 0 Å². The van der Waals surface area contributed by atoms with E-state index in [1.165, 1.54) is 135 Å². The first kappa shape index (κ1) is 84.8. The van der Waals surface area contributed by atoms with E-state index in [0.29, 0.717) is 52.4 Å². The maximum atomic E-state index is 5.09. The fraction of sp³-hybridized carbons (Fsp3) is 0.0231. The van der Waals surface area contributed by atoms with Gasteiger partial charge in [-0.15, -0.1) is 11.3 Å². The van der Waals surface area contributed by atoms with Crippen LogP contribution >= 0.6 is 11.3 Å². The van der Waals surface area contributed by atoms with E-state index in [4.69, 9.17) is 44.9 Å². The van der Waals surface area contributed by atoms with Crippen LogP contribution in [0.1, 0.15) is 25.0 Å². The van der Waals surface area contributed by atoms with Gasteiger partial charge in [0.05, 0.1) is 33.1 Å². The third-order valence-corrected chi connectivity index (χ3v) is 28.9. The summed E-state index contributed by atoms with van der Waals surface area (Å²) in [5, 5.41) is 12.5. The summed E-state index contributed by atoms with van der Waals surface area (Å²) in [7, 11) is 0. The summed E-state index contributed by atoms with van der Waals surface area (Å²) in [6.07, 6.45) is 0. The standard InChI is InChI=1S/C45H28N4S.C43H28N4.C42H30N4/c1-3-11-29(12-4-1)32-21-25-36-35-15-7-9-17-39(35)49(40(36)27-32)34-23-19-31(20-24-34)44-46-43(30-13-5-2-6-14-30)47-45(48-44)33-22-26-38-37-16-8-10-18-41(37)50-42(38)28-33;1-3-11-29(12-4-1)30-19-21-33(22-20-30)42-44-41(32-14-5-2-6-15-32)45-43(46-42)34-23-26-35(27-24-34)47-38-18-10-9-17-37(38)40-36-16-8-7-13-31(36)25-28-39(40)47;1-42(2)35-17-9-6-14-31(35)32-25-22-29(26-36(32)42)41-44-39(27-12-4-3-5-13-27)43-40(45-41)28-20-23-30(24-21-28)46-37-18-10-7-15-33(37)34-16-8-11-19-38(34)46/h1-28H;1-28H;3-26H,1-2H3. The Morgan fingerprint density at radius 2 is 0.469 bits per heavy atom. The molecular weight excluding hydrogens is 1760 g/mol. The minimum Gasteiger partial charge on any atom is -0.309 e. The third kappa shape index (κ3) is 15.5. The summed E-state index contributed by atoms with van der Waals surface area (Å²) in [5.41, 5.74) is 28.8. The van der Waals surface area contributed by atoms with Crippen LogP contribution in [0.25, 0.3) is 249 Å². The molecule has 13 heteroatoms. The summed E-state index contributed by atoms with van der Waals surface area (Å²) in [6.45, 7) is 4.60. The number of hydrogen-bond donors (Lipinski definition) is 0. The fourth-order valence-corrected chi connectivity index (χ4v) is 21.9. The van der Waals surface area contributed by atoms with Crippen molar-refractivity contribution in [3.63, 3.8) is 0 Å². The highest BCUT2D eigenvalue weighted by atomic mass is 32.1. The molecule has 0 saturated heterocycles. The molecule has 0 unspecified atom stereocenters. The van der Waals surface area contributed by atoms with Crippen LogP contribution in [0.2, 0.25) is 0 Å². The van der Waals surface area contributed by atoms with Crippen molar-refractivity contribution in [2.75, 3.05) is 0 Å². The van der Waals surface area contributed by atoms with Gasteiger partial charge in [0, 0.05) is 125 Å². The normalized spacial score (nSPS) is 12.0. The van der Waals surface area contributed by atoms with E-state index in [-0.39, 0.29) is 5.41 Å². The molecule has 1 aliphatic carbocycles. The van der Waals surface area contributed by atoms with Gasteiger partial charge in [-0.3, -0.25) is 0 Å². The summed E-state index contributed by atoms with van der Waals surface area (Å²) < 4.78 is 9.53. The van der Waals surface area contributed by atoms with Gasteiger partial charge in [0.2, 0.25) is 0 Å². The first-order valence-electron chi connectivity index (χ1n) is 48.2. The maximum absolute atomic E-state index is 5.09. The third-order valence-electron chi connectivity index (χ3n) is 27.8. The maximum Gasteiger partial charge on any atom is 0.164 e. The zero-order chi connectivity index (χ0) is 95.0. The number of hydrogen-bond acceptors (Lipinski definition) is 10. The van der Waals surface area contributed by atoms with Gasteiger partial charge in [-0.25, -0.2) is 44.9 Å². The van der Waals surface area contributed by atoms with Crippen LogP contribution in [0, 0.1) is 0 Å². The van der Waals surface area contributed by atoms with Gasteiger partial charge < -0.3 is 13.7 Å². The quantitative estimate of drug-likeness (QED) is 0.104. The van der Waals surface area contributed by atoms with E-state index < -0.39 is 0 Å². The molecule has 0 amide bonds. The first-order valence-corrected chi connectivity index (χ1v) is 49.0. The Bertz CT molecular complexity index is 9530. The number of benzene rings is 20. The largest absolute Gasteiger partial charge is 0.309 e. The Morgan fingerprint density at radius 3 is 0.951 bits per heavy atom. The van der Waals surface area contributed by atoms with E-state index in [2.05, 4.69) is 428 Å². The van der Waals surface area contributed by atoms with Gasteiger partial charge in [0.25, 0.3) is 0 Å². The number of rotatable bonds is 14. The molecule has 0 bridgehead atoms. The van der Waals surface area contributed by atoms with Crippen molar-refractivity contribution in [1.29, 1.82) is 0 Å². The monoisotopic (exact) mass is 1850 g/mol. The summed E-state index contributed by atoms with van der Waals surface area (Å²) in [5.74, 6) is 5.88. The highest BCUT2D eigenvalue weighted by molar-refractivity contribution is 7.25. The summed E-state index contributed by atoms with van der Waals surface area (Å²) in [4.78, 5) is 45.1. The van der Waals surface area contributed by atoms with E-state index in [0.717, 1.165) is 72.7 Å². The van der Waals surface area contributed by atoms with Crippen LogP contribution in [-0.4, -0.2) is 58.6 Å². The number of para-hydroxylation sites is 4. The molecule has 28 rings (SSSR count). The molecule has 0 saturated carbocycles. The molecule has 12 nitrogen and oxygen atoms in total. The lowest BCUT2D eigenvalue weighted by Gasteiger charge is -2.21. The van der Waals surface area contributed by atoms with Crippen molar-refractivity contribution >= 4 is 108 Å². The average Bonchev–Trinajstić information content (AvgIpc) is 1.58. The van der Waals surface area contributed by atoms with E-state index in [9.17, 15) is 0 Å². The van der Waals surface area contributed by atoms with Gasteiger partial charge in [-0.2, -0.15) is 0 Å². The summed E-state index contributed by atoms with van der Waals surface area (Å²) >= 11 is 1.80. The minimum atomic E-state index is -0.108. The van der Waals surface area contributed by atoms with Crippen molar-refractivity contribution < 1.29 is 0 Å². The molecule has 0 fully saturated rings. The summed E-state index contributed by atoms with van der Waals surface area (Å²) in [6, 6.07) is 170. The smallest absolute Gasteiger partial charge is 0.164 e. The molecule has 0 N–H and O–H groups in total. The highest BCUT2D eigenvalue weighted by Crippen LogP contribution is 2.51. The van der Waals surface area contributed by atoms with Crippen molar-refractivity contribution in [2.45, 2.75) is 19.3 Å². The van der Waals surface area contributed by atoms with Crippen LogP contribution in [0.5, 0.6) is 0 Å². The lowest BCUT2D eigenvalue weighted by atomic mass is 9.82. The van der Waals surface area contributed by atoms with Crippen LogP contribution < -0.4 is 0 Å². The van der Waals surface area contributed by atoms with Gasteiger partial charge >= 0.3 is 0 Å². The molecule has 7 aromatic heterocycles. The molecule has 1 aliphatic rings. The molecular formula is C130H86N12S. The SMILES string of the molecule is CC1(C)c2ccccc2-c2ccc(-c3nc(-c4ccccc4)nc(-c4ccc(-n5c6ccccc6c6ccccc65)cc4)n3)cc21.c1ccc(-c2ccc(-c3nc(-c4ccccc4)nc(-c4ccc(-n5c6ccccc6c6c7ccccc7ccc65)cc4)n3)cc2)cc1.c1ccc(-c2ccc3c4ccccc4n(-c4ccc(-c5nc(-c6ccccc6)nc(-c6ccc7c(c6)sc6ccccc67)n5)cc4)c3c2)cc1. The predicted molar refractivity (Wildman–Crippen MR) is 590 cm³/mol. The zero-order valence-corrected chi connectivity index (χ0v) is 78.8. The number of nitrogens with zero attached hydrogens (tertiary/aromatic N) is 12. The van der Waals surface area contributed by atoms with Crippen molar-refractivity contribution in [2.24, 2.45) is 0 Å².